The number of halogens is 3. The van der Waals surface area contributed by atoms with Crippen molar-refractivity contribution in [3.05, 3.63) is 29.3 Å². The summed E-state index contributed by atoms with van der Waals surface area (Å²) in [6, 6.07) is 4.48. The van der Waals surface area contributed by atoms with Crippen molar-refractivity contribution in [2.75, 3.05) is 11.5 Å². The molecule has 4 rings (SSSR count). The second-order valence-corrected chi connectivity index (χ2v) is 16.9. The van der Waals surface area contributed by atoms with Crippen molar-refractivity contribution < 1.29 is 31.9 Å². The lowest BCUT2D eigenvalue weighted by Gasteiger charge is -2.38. The molecule has 6 nitrogen and oxygen atoms in total. The van der Waals surface area contributed by atoms with Crippen LogP contribution < -0.4 is 4.90 Å². The van der Waals surface area contributed by atoms with E-state index in [2.05, 4.69) is 33.9 Å². The molecule has 3 aliphatic heterocycles. The van der Waals surface area contributed by atoms with Crippen LogP contribution in [0.25, 0.3) is 0 Å². The van der Waals surface area contributed by atoms with Crippen molar-refractivity contribution in [3.63, 3.8) is 0 Å². The fourth-order valence-electron chi connectivity index (χ4n) is 5.90. The van der Waals surface area contributed by atoms with Crippen LogP contribution in [-0.2, 0) is 24.9 Å². The van der Waals surface area contributed by atoms with Crippen LogP contribution >= 0.6 is 0 Å². The topological polar surface area (TPSA) is 79.6 Å². The number of hydrogen-bond acceptors (Lipinski definition) is 5. The van der Waals surface area contributed by atoms with Crippen LogP contribution in [-0.4, -0.2) is 37.9 Å². The molecule has 1 aromatic rings. The van der Waals surface area contributed by atoms with Crippen molar-refractivity contribution in [2.45, 2.75) is 83.0 Å². The van der Waals surface area contributed by atoms with Gasteiger partial charge in [0.15, 0.2) is 8.32 Å². The zero-order chi connectivity index (χ0) is 27.1. The van der Waals surface area contributed by atoms with Gasteiger partial charge < -0.3 is 9.16 Å². The SMILES string of the molecule is C[C@@H]1C[C@]2(CCO[Si](C)(C)C(C)(C)C)O[C@@]1(C)[C@H]1C(=O)N(c3ccc(C#N)c(C(F)(F)F)c3)C(=O)[C@H]12. The highest BCUT2D eigenvalue weighted by Gasteiger charge is 2.76. The molecule has 10 heteroatoms. The summed E-state index contributed by atoms with van der Waals surface area (Å²) in [5, 5.41) is 9.12. The third-order valence-electron chi connectivity index (χ3n) is 9.03. The molecule has 3 saturated heterocycles. The average Bonchev–Trinajstić information content (AvgIpc) is 3.27. The molecule has 1 aromatic carbocycles. The standard InChI is InChI=1S/C26H33F3N2O4Si/c1-15-13-25(10-11-34-36(6,7)23(2,3)4)20-19(24(15,5)35-25)21(32)31(22(20)33)17-9-8-16(14-30)18(12-17)26(27,28)29/h8-9,12,15,19-20H,10-11,13H2,1-7H3/t15-,19-,20+,24-,25+/m1/s1. The van der Waals surface area contributed by atoms with Crippen LogP contribution in [0.1, 0.15) is 58.6 Å². The molecule has 0 unspecified atom stereocenters. The van der Waals surface area contributed by atoms with E-state index in [-0.39, 0.29) is 16.6 Å². The molecule has 0 radical (unpaired) electrons. The Balaban J connectivity index is 1.68. The summed E-state index contributed by atoms with van der Waals surface area (Å²) in [6.45, 7) is 14.9. The van der Waals surface area contributed by atoms with Gasteiger partial charge in [-0.05, 0) is 62.0 Å². The van der Waals surface area contributed by atoms with Crippen molar-refractivity contribution in [2.24, 2.45) is 17.8 Å². The average molecular weight is 523 g/mol. The molecule has 36 heavy (non-hydrogen) atoms. The molecular weight excluding hydrogens is 489 g/mol. The van der Waals surface area contributed by atoms with E-state index >= 15 is 0 Å². The number of anilines is 1. The summed E-state index contributed by atoms with van der Waals surface area (Å²) >= 11 is 0. The van der Waals surface area contributed by atoms with Crippen molar-refractivity contribution in [1.82, 2.24) is 0 Å². The van der Waals surface area contributed by atoms with Crippen molar-refractivity contribution in [1.29, 1.82) is 5.26 Å². The number of carbonyl (C=O) groups excluding carboxylic acids is 2. The van der Waals surface area contributed by atoms with Gasteiger partial charge in [0.25, 0.3) is 0 Å². The Morgan fingerprint density at radius 2 is 1.81 bits per heavy atom. The fourth-order valence-corrected chi connectivity index (χ4v) is 6.95. The van der Waals surface area contributed by atoms with E-state index in [9.17, 15) is 22.8 Å². The largest absolute Gasteiger partial charge is 0.417 e. The summed E-state index contributed by atoms with van der Waals surface area (Å²) in [5.74, 6) is -2.70. The van der Waals surface area contributed by atoms with E-state index in [1.54, 1.807) is 0 Å². The molecule has 0 aromatic heterocycles. The van der Waals surface area contributed by atoms with Crippen LogP contribution in [0.2, 0.25) is 18.1 Å². The van der Waals surface area contributed by atoms with Gasteiger partial charge in [0, 0.05) is 6.61 Å². The number of amides is 2. The Labute approximate surface area is 210 Å². The van der Waals surface area contributed by atoms with Crippen LogP contribution in [0.5, 0.6) is 0 Å². The van der Waals surface area contributed by atoms with Gasteiger partial charge in [0.2, 0.25) is 11.8 Å². The Hall–Kier alpha value is -2.22. The van der Waals surface area contributed by atoms with Crippen LogP contribution in [0.4, 0.5) is 18.9 Å². The molecular formula is C26H33F3N2O4Si. The minimum absolute atomic E-state index is 0.00292. The van der Waals surface area contributed by atoms with Crippen molar-refractivity contribution in [3.8, 4) is 6.07 Å². The van der Waals surface area contributed by atoms with Gasteiger partial charge in [-0.25, -0.2) is 4.90 Å². The number of carbonyl (C=O) groups is 2. The molecule has 3 fully saturated rings. The Morgan fingerprint density at radius 1 is 1.19 bits per heavy atom. The number of fused-ring (bicyclic) bond motifs is 5. The molecule has 2 bridgehead atoms. The van der Waals surface area contributed by atoms with Gasteiger partial charge in [-0.3, -0.25) is 9.59 Å². The fraction of sp³-hybridized carbons (Fsp3) is 0.654. The maximum absolute atomic E-state index is 13.7. The highest BCUT2D eigenvalue weighted by Crippen LogP contribution is 2.64. The first kappa shape index (κ1) is 26.8. The summed E-state index contributed by atoms with van der Waals surface area (Å²) in [5.41, 5.74) is -3.72. The second kappa shape index (κ2) is 8.14. The van der Waals surface area contributed by atoms with Crippen LogP contribution in [0, 0.1) is 29.1 Å². The van der Waals surface area contributed by atoms with E-state index in [1.807, 2.05) is 13.8 Å². The zero-order valence-electron chi connectivity index (χ0n) is 21.7. The number of hydrogen-bond donors (Lipinski definition) is 0. The Kier molecular flexibility index (Phi) is 6.06. The third kappa shape index (κ3) is 3.82. The van der Waals surface area contributed by atoms with Crippen LogP contribution in [0.15, 0.2) is 18.2 Å². The number of nitriles is 1. The van der Waals surface area contributed by atoms with E-state index in [4.69, 9.17) is 14.4 Å². The minimum atomic E-state index is -4.80. The maximum Gasteiger partial charge on any atom is 0.417 e. The Morgan fingerprint density at radius 3 is 2.36 bits per heavy atom. The first-order valence-electron chi connectivity index (χ1n) is 12.2. The predicted octanol–water partition coefficient (Wildman–Crippen LogP) is 5.66. The minimum Gasteiger partial charge on any atom is -0.417 e. The normalized spacial score (nSPS) is 32.2. The highest BCUT2D eigenvalue weighted by molar-refractivity contribution is 6.74. The zero-order valence-corrected chi connectivity index (χ0v) is 22.7. The monoisotopic (exact) mass is 522 g/mol. The third-order valence-corrected chi connectivity index (χ3v) is 13.6. The molecule has 0 spiro atoms. The molecule has 5 atom stereocenters. The molecule has 2 amide bonds. The Bertz CT molecular complexity index is 1160. The van der Waals surface area contributed by atoms with E-state index < -0.39 is 60.5 Å². The van der Waals surface area contributed by atoms with E-state index in [1.165, 1.54) is 12.1 Å². The van der Waals surface area contributed by atoms with Gasteiger partial charge in [-0.1, -0.05) is 27.7 Å². The lowest BCUT2D eigenvalue weighted by molar-refractivity contribution is -0.138. The summed E-state index contributed by atoms with van der Waals surface area (Å²) in [6.07, 6.45) is -3.80. The van der Waals surface area contributed by atoms with E-state index in [0.717, 1.165) is 17.0 Å². The quantitative estimate of drug-likeness (QED) is 0.368. The van der Waals surface area contributed by atoms with Gasteiger partial charge in [-0.15, -0.1) is 0 Å². The van der Waals surface area contributed by atoms with Gasteiger partial charge in [0.05, 0.1) is 45.9 Å². The molecule has 3 heterocycles. The van der Waals surface area contributed by atoms with Gasteiger partial charge >= 0.3 is 6.18 Å². The molecule has 0 N–H and O–H groups in total. The van der Waals surface area contributed by atoms with Crippen molar-refractivity contribution >= 4 is 25.8 Å². The highest BCUT2D eigenvalue weighted by atomic mass is 28.4. The summed E-state index contributed by atoms with van der Waals surface area (Å²) in [7, 11) is -2.06. The lowest BCUT2D eigenvalue weighted by atomic mass is 9.63. The predicted molar refractivity (Wildman–Crippen MR) is 129 cm³/mol. The summed E-state index contributed by atoms with van der Waals surface area (Å²) < 4.78 is 53.6. The molecule has 196 valence electrons. The molecule has 3 aliphatic rings. The smallest absolute Gasteiger partial charge is 0.417 e. The number of ether oxygens (including phenoxy) is 1. The molecule has 0 saturated carbocycles. The lowest BCUT2D eigenvalue weighted by Crippen LogP contribution is -2.47. The second-order valence-electron chi connectivity index (χ2n) is 12.1. The maximum atomic E-state index is 13.7. The van der Waals surface area contributed by atoms with Crippen LogP contribution in [0.3, 0.4) is 0 Å². The number of alkyl halides is 3. The molecule has 0 aliphatic carbocycles. The number of nitrogens with zero attached hydrogens (tertiary/aromatic N) is 2. The summed E-state index contributed by atoms with van der Waals surface area (Å²) in [4.78, 5) is 28.2. The first-order chi connectivity index (χ1) is 16.4. The number of benzene rings is 1. The number of imide groups is 1. The van der Waals surface area contributed by atoms with Gasteiger partial charge in [-0.2, -0.15) is 18.4 Å². The number of rotatable bonds is 5. The van der Waals surface area contributed by atoms with E-state index in [0.29, 0.717) is 19.4 Å². The first-order valence-corrected chi connectivity index (χ1v) is 15.1. The van der Waals surface area contributed by atoms with Gasteiger partial charge in [0.1, 0.15) is 0 Å².